The first-order valence-corrected chi connectivity index (χ1v) is 11.1. The number of carbonyl (C=O) groups is 1. The van der Waals surface area contributed by atoms with Crippen LogP contribution < -0.4 is 5.32 Å². The summed E-state index contributed by atoms with van der Waals surface area (Å²) in [5.41, 5.74) is 1.83. The fraction of sp³-hybridized carbons (Fsp3) is 0.0476. The number of carbonyl (C=O) groups excluding carboxylic acids is 1. The summed E-state index contributed by atoms with van der Waals surface area (Å²) in [5.74, 6) is 0.361. The third-order valence-corrected chi connectivity index (χ3v) is 5.98. The lowest BCUT2D eigenvalue weighted by atomic mass is 10.3. The molecular formula is C21H14Cl3N5OS. The van der Waals surface area contributed by atoms with Crippen LogP contribution >= 0.6 is 46.6 Å². The zero-order valence-corrected chi connectivity index (χ0v) is 18.9. The first-order chi connectivity index (χ1) is 15.0. The van der Waals surface area contributed by atoms with Crippen molar-refractivity contribution in [3.05, 3.63) is 81.9 Å². The molecule has 31 heavy (non-hydrogen) atoms. The maximum absolute atomic E-state index is 12.5. The van der Waals surface area contributed by atoms with E-state index in [1.165, 1.54) is 11.8 Å². The molecule has 0 aliphatic heterocycles. The summed E-state index contributed by atoms with van der Waals surface area (Å²) in [6, 6.07) is 17.8. The Hall–Kier alpha value is -2.58. The molecular weight excluding hydrogens is 477 g/mol. The van der Waals surface area contributed by atoms with E-state index < -0.39 is 0 Å². The molecule has 4 aromatic rings. The van der Waals surface area contributed by atoms with E-state index in [4.69, 9.17) is 34.8 Å². The van der Waals surface area contributed by atoms with Gasteiger partial charge < -0.3 is 5.32 Å². The van der Waals surface area contributed by atoms with E-state index in [-0.39, 0.29) is 11.7 Å². The molecule has 2 aromatic carbocycles. The van der Waals surface area contributed by atoms with Crippen molar-refractivity contribution in [3.8, 4) is 17.2 Å². The van der Waals surface area contributed by atoms with Crippen molar-refractivity contribution in [1.29, 1.82) is 0 Å². The Balaban J connectivity index is 1.60. The van der Waals surface area contributed by atoms with Crippen molar-refractivity contribution in [3.63, 3.8) is 0 Å². The van der Waals surface area contributed by atoms with Gasteiger partial charge in [0, 0.05) is 16.9 Å². The van der Waals surface area contributed by atoms with Gasteiger partial charge in [-0.25, -0.2) is 0 Å². The molecule has 0 bridgehead atoms. The van der Waals surface area contributed by atoms with Gasteiger partial charge in [0.2, 0.25) is 5.91 Å². The standard InChI is InChI=1S/C21H14Cl3N5OS/c22-13-7-9-14(10-8-13)29-20(17-6-1-2-11-25-17)27-28-21(29)31-12-18(30)26-19-15(23)4-3-5-16(19)24/h1-11H,12H2,(H,26,30). The molecule has 1 N–H and O–H groups in total. The summed E-state index contributed by atoms with van der Waals surface area (Å²) in [6.07, 6.45) is 1.68. The molecule has 2 aromatic heterocycles. The average Bonchev–Trinajstić information content (AvgIpc) is 3.20. The minimum atomic E-state index is -0.273. The number of halogens is 3. The van der Waals surface area contributed by atoms with Crippen LogP contribution in [0.1, 0.15) is 0 Å². The Kier molecular flexibility index (Phi) is 6.77. The predicted molar refractivity (Wildman–Crippen MR) is 125 cm³/mol. The van der Waals surface area contributed by atoms with Crippen LogP contribution in [0.25, 0.3) is 17.2 Å². The van der Waals surface area contributed by atoms with Gasteiger partial charge >= 0.3 is 0 Å². The number of rotatable bonds is 6. The third-order valence-electron chi connectivity index (χ3n) is 4.17. The highest BCUT2D eigenvalue weighted by Gasteiger charge is 2.18. The van der Waals surface area contributed by atoms with Crippen LogP contribution in [0.15, 0.2) is 72.0 Å². The summed E-state index contributed by atoms with van der Waals surface area (Å²) < 4.78 is 1.83. The van der Waals surface area contributed by atoms with Crippen LogP contribution in [-0.2, 0) is 4.79 Å². The summed E-state index contributed by atoms with van der Waals surface area (Å²) in [7, 11) is 0. The van der Waals surface area contributed by atoms with Gasteiger partial charge in [-0.15, -0.1) is 10.2 Å². The first kappa shape index (κ1) is 21.6. The number of hydrogen-bond donors (Lipinski definition) is 1. The number of para-hydroxylation sites is 1. The van der Waals surface area contributed by atoms with Crippen LogP contribution in [0.4, 0.5) is 5.69 Å². The number of benzene rings is 2. The quantitative estimate of drug-likeness (QED) is 0.335. The van der Waals surface area contributed by atoms with Gasteiger partial charge in [-0.3, -0.25) is 14.3 Å². The van der Waals surface area contributed by atoms with Gasteiger partial charge in [-0.05, 0) is 48.5 Å². The molecule has 0 radical (unpaired) electrons. The number of nitrogens with one attached hydrogen (secondary N) is 1. The van der Waals surface area contributed by atoms with Gasteiger partial charge in [-0.2, -0.15) is 0 Å². The molecule has 0 saturated heterocycles. The van der Waals surface area contributed by atoms with Crippen LogP contribution in [0.5, 0.6) is 0 Å². The molecule has 1 amide bonds. The fourth-order valence-electron chi connectivity index (χ4n) is 2.77. The highest BCUT2D eigenvalue weighted by molar-refractivity contribution is 7.99. The number of pyridine rings is 1. The van der Waals surface area contributed by atoms with Crippen molar-refractivity contribution in [1.82, 2.24) is 19.7 Å². The summed E-state index contributed by atoms with van der Waals surface area (Å²) in [4.78, 5) is 16.9. The van der Waals surface area contributed by atoms with Gasteiger partial charge in [0.15, 0.2) is 11.0 Å². The zero-order chi connectivity index (χ0) is 21.8. The number of nitrogens with zero attached hydrogens (tertiary/aromatic N) is 4. The molecule has 0 saturated carbocycles. The van der Waals surface area contributed by atoms with E-state index in [9.17, 15) is 4.79 Å². The Labute approximate surface area is 197 Å². The van der Waals surface area contributed by atoms with Gasteiger partial charge in [-0.1, -0.05) is 58.7 Å². The normalized spacial score (nSPS) is 10.8. The molecule has 0 fully saturated rings. The average molecular weight is 491 g/mol. The SMILES string of the molecule is O=C(CSc1nnc(-c2ccccn2)n1-c1ccc(Cl)cc1)Nc1c(Cl)cccc1Cl. The van der Waals surface area contributed by atoms with Gasteiger partial charge in [0.05, 0.1) is 21.5 Å². The monoisotopic (exact) mass is 489 g/mol. The second-order valence-electron chi connectivity index (χ2n) is 6.27. The van der Waals surface area contributed by atoms with Crippen molar-refractivity contribution in [2.75, 3.05) is 11.1 Å². The van der Waals surface area contributed by atoms with E-state index >= 15 is 0 Å². The van der Waals surface area contributed by atoms with Crippen LogP contribution in [0.3, 0.4) is 0 Å². The van der Waals surface area contributed by atoms with E-state index in [0.29, 0.717) is 37.4 Å². The fourth-order valence-corrected chi connectivity index (χ4v) is 4.14. The van der Waals surface area contributed by atoms with E-state index in [0.717, 1.165) is 5.69 Å². The molecule has 2 heterocycles. The maximum atomic E-state index is 12.5. The summed E-state index contributed by atoms with van der Waals surface area (Å²) in [6.45, 7) is 0. The Morgan fingerprint density at radius 1 is 0.935 bits per heavy atom. The lowest BCUT2D eigenvalue weighted by molar-refractivity contribution is -0.113. The van der Waals surface area contributed by atoms with Crippen molar-refractivity contribution in [2.45, 2.75) is 5.16 Å². The number of anilines is 1. The summed E-state index contributed by atoms with van der Waals surface area (Å²) >= 11 is 19.5. The smallest absolute Gasteiger partial charge is 0.234 e. The molecule has 0 aliphatic carbocycles. The number of amides is 1. The van der Waals surface area contributed by atoms with Crippen molar-refractivity contribution < 1.29 is 4.79 Å². The van der Waals surface area contributed by atoms with Crippen molar-refractivity contribution in [2.24, 2.45) is 0 Å². The van der Waals surface area contributed by atoms with E-state index in [1.807, 2.05) is 34.9 Å². The molecule has 0 atom stereocenters. The van der Waals surface area contributed by atoms with Crippen LogP contribution in [-0.4, -0.2) is 31.4 Å². The number of thioether (sulfide) groups is 1. The predicted octanol–water partition coefficient (Wildman–Crippen LogP) is 6.02. The van der Waals surface area contributed by atoms with Crippen LogP contribution in [0, 0.1) is 0 Å². The number of hydrogen-bond acceptors (Lipinski definition) is 5. The lowest BCUT2D eigenvalue weighted by Gasteiger charge is -2.11. The highest BCUT2D eigenvalue weighted by atomic mass is 35.5. The number of aromatic nitrogens is 4. The Morgan fingerprint density at radius 3 is 2.35 bits per heavy atom. The Bertz CT molecular complexity index is 1200. The topological polar surface area (TPSA) is 72.7 Å². The molecule has 0 aliphatic rings. The second kappa shape index (κ2) is 9.70. The van der Waals surface area contributed by atoms with Crippen molar-refractivity contribution >= 4 is 58.2 Å². The third kappa shape index (κ3) is 5.02. The second-order valence-corrected chi connectivity index (χ2v) is 8.46. The molecule has 6 nitrogen and oxygen atoms in total. The van der Waals surface area contributed by atoms with Crippen LogP contribution in [0.2, 0.25) is 15.1 Å². The Morgan fingerprint density at radius 2 is 1.68 bits per heavy atom. The van der Waals surface area contributed by atoms with E-state index in [2.05, 4.69) is 20.5 Å². The highest BCUT2D eigenvalue weighted by Crippen LogP contribution is 2.31. The van der Waals surface area contributed by atoms with Gasteiger partial charge in [0.1, 0.15) is 5.69 Å². The summed E-state index contributed by atoms with van der Waals surface area (Å²) in [5, 5.41) is 13.2. The zero-order valence-electron chi connectivity index (χ0n) is 15.8. The first-order valence-electron chi connectivity index (χ1n) is 9.02. The molecule has 0 spiro atoms. The molecule has 156 valence electrons. The molecule has 0 unspecified atom stereocenters. The largest absolute Gasteiger partial charge is 0.323 e. The minimum Gasteiger partial charge on any atom is -0.323 e. The maximum Gasteiger partial charge on any atom is 0.234 e. The van der Waals surface area contributed by atoms with E-state index in [1.54, 1.807) is 36.5 Å². The lowest BCUT2D eigenvalue weighted by Crippen LogP contribution is -2.15. The molecule has 4 rings (SSSR count). The molecule has 10 heteroatoms. The minimum absolute atomic E-state index is 0.0789. The van der Waals surface area contributed by atoms with Gasteiger partial charge in [0.25, 0.3) is 0 Å².